The molecule has 2 rings (SSSR count). The van der Waals surface area contributed by atoms with Crippen molar-refractivity contribution < 1.29 is 14.3 Å². The molecule has 0 spiro atoms. The highest BCUT2D eigenvalue weighted by Gasteiger charge is 2.12. The second kappa shape index (κ2) is 6.91. The second-order valence-corrected chi connectivity index (χ2v) is 5.53. The zero-order valence-corrected chi connectivity index (χ0v) is 13.9. The lowest BCUT2D eigenvalue weighted by Crippen LogP contribution is -2.05. The van der Waals surface area contributed by atoms with Gasteiger partial charge >= 0.3 is 0 Å². The molecular formula is C15H13BrClNO3. The first-order valence-corrected chi connectivity index (χ1v) is 7.26. The van der Waals surface area contributed by atoms with E-state index in [-0.39, 0.29) is 12.2 Å². The third-order valence-electron chi connectivity index (χ3n) is 2.89. The predicted octanol–water partition coefficient (Wildman–Crippen LogP) is 3.94. The van der Waals surface area contributed by atoms with E-state index >= 15 is 0 Å². The van der Waals surface area contributed by atoms with Gasteiger partial charge in [-0.1, -0.05) is 11.6 Å². The highest BCUT2D eigenvalue weighted by Crippen LogP contribution is 2.25. The van der Waals surface area contributed by atoms with E-state index in [9.17, 15) is 4.79 Å². The van der Waals surface area contributed by atoms with Gasteiger partial charge in [0.2, 0.25) is 0 Å². The fraction of sp³-hybridized carbons (Fsp3) is 0.200. The zero-order valence-electron chi connectivity index (χ0n) is 11.5. The van der Waals surface area contributed by atoms with Crippen molar-refractivity contribution in [2.24, 2.45) is 0 Å². The van der Waals surface area contributed by atoms with Crippen LogP contribution >= 0.6 is 27.5 Å². The minimum atomic E-state index is -0.0526. The Labute approximate surface area is 136 Å². The summed E-state index contributed by atoms with van der Waals surface area (Å²) >= 11 is 9.13. The summed E-state index contributed by atoms with van der Waals surface area (Å²) < 4.78 is 11.0. The van der Waals surface area contributed by atoms with E-state index in [1.54, 1.807) is 44.7 Å². The van der Waals surface area contributed by atoms with Gasteiger partial charge in [0.05, 0.1) is 18.7 Å². The number of pyridine rings is 1. The molecule has 1 aromatic heterocycles. The molecule has 0 aliphatic carbocycles. The van der Waals surface area contributed by atoms with Gasteiger partial charge in [-0.15, -0.1) is 0 Å². The van der Waals surface area contributed by atoms with E-state index in [0.717, 1.165) is 5.56 Å². The van der Waals surface area contributed by atoms with E-state index in [0.29, 0.717) is 26.7 Å². The molecule has 110 valence electrons. The lowest BCUT2D eigenvalue weighted by atomic mass is 10.0. The second-order valence-electron chi connectivity index (χ2n) is 4.32. The molecule has 1 heterocycles. The Morgan fingerprint density at radius 2 is 1.81 bits per heavy atom. The van der Waals surface area contributed by atoms with Gasteiger partial charge < -0.3 is 9.47 Å². The summed E-state index contributed by atoms with van der Waals surface area (Å²) in [5.74, 6) is 1.10. The Balaban J connectivity index is 2.25. The summed E-state index contributed by atoms with van der Waals surface area (Å²) in [4.78, 5) is 16.4. The van der Waals surface area contributed by atoms with Crippen LogP contribution < -0.4 is 9.47 Å². The van der Waals surface area contributed by atoms with Gasteiger partial charge in [0.15, 0.2) is 5.78 Å². The molecule has 21 heavy (non-hydrogen) atoms. The average molecular weight is 371 g/mol. The lowest BCUT2D eigenvalue weighted by Gasteiger charge is -2.08. The van der Waals surface area contributed by atoms with Crippen molar-refractivity contribution in [1.82, 2.24) is 4.98 Å². The first kappa shape index (κ1) is 15.8. The molecular weight excluding hydrogens is 358 g/mol. The molecule has 0 aliphatic heterocycles. The monoisotopic (exact) mass is 369 g/mol. The molecule has 0 fully saturated rings. The van der Waals surface area contributed by atoms with Crippen LogP contribution in [0.4, 0.5) is 0 Å². The number of ketones is 1. The van der Waals surface area contributed by atoms with Crippen LogP contribution in [0, 0.1) is 0 Å². The smallest absolute Gasteiger partial charge is 0.167 e. The van der Waals surface area contributed by atoms with E-state index < -0.39 is 0 Å². The average Bonchev–Trinajstić information content (AvgIpc) is 2.50. The van der Waals surface area contributed by atoms with Crippen LogP contribution in [0.15, 0.2) is 34.9 Å². The van der Waals surface area contributed by atoms with Crippen molar-refractivity contribution in [1.29, 1.82) is 0 Å². The molecule has 0 aliphatic rings. The van der Waals surface area contributed by atoms with Gasteiger partial charge in [-0.25, -0.2) is 4.98 Å². The molecule has 0 saturated heterocycles. The summed E-state index contributed by atoms with van der Waals surface area (Å²) in [7, 11) is 3.09. The molecule has 0 unspecified atom stereocenters. The number of methoxy groups -OCH3 is 2. The maximum atomic E-state index is 12.4. The Kier molecular flexibility index (Phi) is 5.20. The lowest BCUT2D eigenvalue weighted by molar-refractivity contribution is 0.0992. The van der Waals surface area contributed by atoms with Gasteiger partial charge in [-0.3, -0.25) is 4.79 Å². The zero-order chi connectivity index (χ0) is 15.4. The highest BCUT2D eigenvalue weighted by molar-refractivity contribution is 9.10. The quantitative estimate of drug-likeness (QED) is 0.591. The number of hydrogen-bond donors (Lipinski definition) is 0. The molecule has 6 heteroatoms. The number of benzene rings is 1. The van der Waals surface area contributed by atoms with Gasteiger partial charge in [-0.05, 0) is 39.7 Å². The largest absolute Gasteiger partial charge is 0.497 e. The van der Waals surface area contributed by atoms with Gasteiger partial charge in [0.25, 0.3) is 0 Å². The van der Waals surface area contributed by atoms with Crippen LogP contribution in [0.3, 0.4) is 0 Å². The van der Waals surface area contributed by atoms with Crippen molar-refractivity contribution in [3.8, 4) is 11.5 Å². The van der Waals surface area contributed by atoms with Crippen molar-refractivity contribution in [3.63, 3.8) is 0 Å². The summed E-state index contributed by atoms with van der Waals surface area (Å²) in [6, 6.07) is 6.87. The number of hydrogen-bond acceptors (Lipinski definition) is 4. The number of rotatable bonds is 5. The highest BCUT2D eigenvalue weighted by atomic mass is 79.9. The van der Waals surface area contributed by atoms with E-state index in [4.69, 9.17) is 21.1 Å². The Morgan fingerprint density at radius 1 is 1.19 bits per heavy atom. The first-order valence-electron chi connectivity index (χ1n) is 6.09. The van der Waals surface area contributed by atoms with Gasteiger partial charge in [-0.2, -0.15) is 0 Å². The van der Waals surface area contributed by atoms with Gasteiger partial charge in [0, 0.05) is 24.2 Å². The molecule has 1 aromatic carbocycles. The van der Waals surface area contributed by atoms with Gasteiger partial charge in [0.1, 0.15) is 16.7 Å². The molecule has 2 aromatic rings. The topological polar surface area (TPSA) is 48.4 Å². The molecule has 0 atom stereocenters. The molecule has 0 N–H and O–H groups in total. The number of nitrogens with zero attached hydrogens (tertiary/aromatic N) is 1. The number of Topliss-reactive ketones (excluding diaryl/α,β-unsaturated/α-hetero) is 1. The molecule has 0 radical (unpaired) electrons. The number of ether oxygens (including phenoxy) is 2. The molecule has 4 nitrogen and oxygen atoms in total. The third kappa shape index (κ3) is 3.95. The Bertz CT molecular complexity index is 654. The first-order chi connectivity index (χ1) is 10.0. The number of carbonyl (C=O) groups is 1. The maximum absolute atomic E-state index is 12.4. The summed E-state index contributed by atoms with van der Waals surface area (Å²) in [6.45, 7) is 0. The van der Waals surface area contributed by atoms with E-state index in [1.165, 1.54) is 0 Å². The van der Waals surface area contributed by atoms with Crippen molar-refractivity contribution >= 4 is 33.3 Å². The van der Waals surface area contributed by atoms with Crippen LogP contribution in [-0.2, 0) is 6.42 Å². The SMILES string of the molecule is COc1cc(OC)cc(C(=O)Cc2cnc(Cl)c(Br)c2)c1. The van der Waals surface area contributed by atoms with Crippen LogP contribution in [-0.4, -0.2) is 25.0 Å². The minimum Gasteiger partial charge on any atom is -0.497 e. The summed E-state index contributed by atoms with van der Waals surface area (Å²) in [5, 5.41) is 0.370. The van der Waals surface area contributed by atoms with Crippen molar-refractivity contribution in [2.75, 3.05) is 14.2 Å². The fourth-order valence-corrected chi connectivity index (χ4v) is 2.31. The predicted molar refractivity (Wildman–Crippen MR) is 84.5 cm³/mol. The van der Waals surface area contributed by atoms with Crippen molar-refractivity contribution in [2.45, 2.75) is 6.42 Å². The molecule has 0 amide bonds. The summed E-state index contributed by atoms with van der Waals surface area (Å²) in [6.07, 6.45) is 1.81. The van der Waals surface area contributed by atoms with Crippen LogP contribution in [0.2, 0.25) is 5.15 Å². The molecule has 0 bridgehead atoms. The third-order valence-corrected chi connectivity index (χ3v) is 4.02. The number of carbonyl (C=O) groups excluding carboxylic acids is 1. The minimum absolute atomic E-state index is 0.0526. The van der Waals surface area contributed by atoms with Crippen LogP contribution in [0.25, 0.3) is 0 Å². The fourth-order valence-electron chi connectivity index (χ4n) is 1.81. The number of halogens is 2. The number of aromatic nitrogens is 1. The summed E-state index contributed by atoms with van der Waals surface area (Å²) in [5.41, 5.74) is 1.30. The van der Waals surface area contributed by atoms with E-state index in [1.807, 2.05) is 0 Å². The van der Waals surface area contributed by atoms with Crippen molar-refractivity contribution in [3.05, 3.63) is 51.2 Å². The normalized spacial score (nSPS) is 10.3. The Hall–Kier alpha value is -1.59. The van der Waals surface area contributed by atoms with E-state index in [2.05, 4.69) is 20.9 Å². The van der Waals surface area contributed by atoms with Crippen LogP contribution in [0.1, 0.15) is 15.9 Å². The maximum Gasteiger partial charge on any atom is 0.167 e. The van der Waals surface area contributed by atoms with Crippen LogP contribution in [0.5, 0.6) is 11.5 Å². The molecule has 0 saturated carbocycles. The Morgan fingerprint density at radius 3 is 2.33 bits per heavy atom. The standard InChI is InChI=1S/C15H13BrClNO3/c1-20-11-5-10(6-12(7-11)21-2)14(19)4-9-3-13(16)15(17)18-8-9/h3,5-8H,4H2,1-2H3.